The first-order valence-electron chi connectivity index (χ1n) is 7.35. The Morgan fingerprint density at radius 2 is 2.00 bits per heavy atom. The smallest absolute Gasteiger partial charge is 0.357 e. The van der Waals surface area contributed by atoms with Crippen LogP contribution < -0.4 is 4.74 Å². The lowest BCUT2D eigenvalue weighted by atomic mass is 10.1. The van der Waals surface area contributed by atoms with E-state index in [-0.39, 0.29) is 12.3 Å². The summed E-state index contributed by atoms with van der Waals surface area (Å²) in [5.41, 5.74) is 3.29. The molecular formula is C17H19NO5S. The van der Waals surface area contributed by atoms with Crippen LogP contribution >= 0.6 is 11.8 Å². The number of carbonyl (C=O) groups is 2. The summed E-state index contributed by atoms with van der Waals surface area (Å²) in [5.74, 6) is 0.335. The van der Waals surface area contributed by atoms with Crippen molar-refractivity contribution in [3.63, 3.8) is 0 Å². The molecule has 1 aromatic rings. The van der Waals surface area contributed by atoms with Crippen molar-refractivity contribution in [3.8, 4) is 5.75 Å². The molecule has 6 nitrogen and oxygen atoms in total. The van der Waals surface area contributed by atoms with Crippen LogP contribution in [0.25, 0.3) is 0 Å². The number of rotatable bonds is 6. The lowest BCUT2D eigenvalue weighted by Gasteiger charge is -2.19. The van der Waals surface area contributed by atoms with Crippen molar-refractivity contribution >= 4 is 29.2 Å². The predicted octanol–water partition coefficient (Wildman–Crippen LogP) is 2.72. The molecule has 0 aliphatic carbocycles. The Bertz CT molecular complexity index is 666. The second-order valence-corrected chi connectivity index (χ2v) is 5.93. The van der Waals surface area contributed by atoms with Crippen molar-refractivity contribution in [3.05, 3.63) is 41.1 Å². The van der Waals surface area contributed by atoms with Crippen LogP contribution in [0, 0.1) is 0 Å². The van der Waals surface area contributed by atoms with Crippen LogP contribution in [0.1, 0.15) is 19.4 Å². The van der Waals surface area contributed by atoms with Gasteiger partial charge < -0.3 is 14.2 Å². The number of carbonyl (C=O) groups excluding carboxylic acids is 2. The fraction of sp³-hybridized carbons (Fsp3) is 0.353. The van der Waals surface area contributed by atoms with Crippen molar-refractivity contribution < 1.29 is 23.8 Å². The predicted molar refractivity (Wildman–Crippen MR) is 92.0 cm³/mol. The second-order valence-electron chi connectivity index (χ2n) is 5.10. The van der Waals surface area contributed by atoms with Crippen LogP contribution in [0.5, 0.6) is 5.75 Å². The summed E-state index contributed by atoms with van der Waals surface area (Å²) in [4.78, 5) is 27.6. The van der Waals surface area contributed by atoms with E-state index in [4.69, 9.17) is 14.2 Å². The van der Waals surface area contributed by atoms with Gasteiger partial charge >= 0.3 is 11.9 Å². The highest BCUT2D eigenvalue weighted by atomic mass is 32.2. The molecule has 24 heavy (non-hydrogen) atoms. The third kappa shape index (κ3) is 4.86. The van der Waals surface area contributed by atoms with Gasteiger partial charge in [-0.05, 0) is 24.6 Å². The molecule has 0 bridgehead atoms. The highest BCUT2D eigenvalue weighted by Gasteiger charge is 2.24. The lowest BCUT2D eigenvalue weighted by molar-refractivity contribution is -0.145. The summed E-state index contributed by atoms with van der Waals surface area (Å²) < 4.78 is 15.6. The molecular weight excluding hydrogens is 330 g/mol. The van der Waals surface area contributed by atoms with Crippen molar-refractivity contribution in [1.82, 2.24) is 0 Å². The number of thioether (sulfide) groups is 1. The number of aliphatic imine (C=N–C) groups is 1. The van der Waals surface area contributed by atoms with Crippen molar-refractivity contribution in [2.24, 2.45) is 4.99 Å². The summed E-state index contributed by atoms with van der Waals surface area (Å²) >= 11 is 1.44. The van der Waals surface area contributed by atoms with Gasteiger partial charge in [0.25, 0.3) is 0 Å². The fourth-order valence-corrected chi connectivity index (χ4v) is 2.93. The maximum absolute atomic E-state index is 12.3. The van der Waals surface area contributed by atoms with Crippen LogP contribution in [0.15, 0.2) is 40.5 Å². The fourth-order valence-electron chi connectivity index (χ4n) is 2.12. The minimum atomic E-state index is -0.531. The molecule has 1 aliphatic rings. The molecule has 1 heterocycles. The molecule has 1 atom stereocenters. The van der Waals surface area contributed by atoms with Gasteiger partial charge in [0.1, 0.15) is 18.5 Å². The van der Waals surface area contributed by atoms with Gasteiger partial charge in [0.15, 0.2) is 5.70 Å². The molecule has 2 rings (SSSR count). The van der Waals surface area contributed by atoms with Crippen molar-refractivity contribution in [1.29, 1.82) is 0 Å². The molecule has 7 heteroatoms. The van der Waals surface area contributed by atoms with Gasteiger partial charge in [-0.1, -0.05) is 12.1 Å². The number of ether oxygens (including phenoxy) is 3. The molecule has 0 fully saturated rings. The average Bonchev–Trinajstić information content (AvgIpc) is 2.59. The maximum Gasteiger partial charge on any atom is 0.357 e. The minimum absolute atomic E-state index is 0.129. The van der Waals surface area contributed by atoms with Crippen molar-refractivity contribution in [2.45, 2.75) is 26.6 Å². The van der Waals surface area contributed by atoms with E-state index in [1.54, 1.807) is 31.7 Å². The molecule has 0 saturated carbocycles. The van der Waals surface area contributed by atoms with E-state index < -0.39 is 18.0 Å². The van der Waals surface area contributed by atoms with Crippen LogP contribution in [-0.4, -0.2) is 36.5 Å². The number of hydrogen-bond donors (Lipinski definition) is 0. The van der Waals surface area contributed by atoms with E-state index in [0.29, 0.717) is 11.3 Å². The molecule has 0 N–H and O–H groups in total. The highest BCUT2D eigenvalue weighted by molar-refractivity contribution is 8.12. The normalized spacial score (nSPS) is 15.0. The number of methoxy groups -OCH3 is 1. The molecule has 0 amide bonds. The Morgan fingerprint density at radius 3 is 2.62 bits per heavy atom. The summed E-state index contributed by atoms with van der Waals surface area (Å²) in [6, 6.07) is 7.24. The highest BCUT2D eigenvalue weighted by Crippen LogP contribution is 2.24. The Hall–Kier alpha value is -2.28. The van der Waals surface area contributed by atoms with E-state index >= 15 is 0 Å². The van der Waals surface area contributed by atoms with Crippen LogP contribution in [0.2, 0.25) is 0 Å². The Morgan fingerprint density at radius 1 is 1.29 bits per heavy atom. The maximum atomic E-state index is 12.3. The third-order valence-corrected chi connectivity index (χ3v) is 4.09. The summed E-state index contributed by atoms with van der Waals surface area (Å²) in [6.07, 6.45) is -0.518. The van der Waals surface area contributed by atoms with E-state index in [1.807, 2.05) is 12.1 Å². The molecule has 0 saturated heterocycles. The van der Waals surface area contributed by atoms with E-state index in [1.165, 1.54) is 18.7 Å². The standard InChI is InChI=1S/C17H19NO5S/c1-11(23-12(2)19)15-9-24-10-18-16(15)17(20)22-8-13-4-6-14(21-3)7-5-13/h4-7,10-11H,8-9H2,1-3H3. The molecule has 128 valence electrons. The summed E-state index contributed by atoms with van der Waals surface area (Å²) in [5, 5.41) is 0. The Labute approximate surface area is 144 Å². The first-order chi connectivity index (χ1) is 11.5. The Balaban J connectivity index is 2.06. The number of nitrogens with zero attached hydrogens (tertiary/aromatic N) is 1. The number of benzene rings is 1. The number of esters is 2. The SMILES string of the molecule is COc1ccc(COC(=O)C2=C(C(C)OC(C)=O)CSC=N2)cc1. The van der Waals surface area contributed by atoms with Crippen LogP contribution in [0.3, 0.4) is 0 Å². The van der Waals surface area contributed by atoms with Gasteiger partial charge in [-0.2, -0.15) is 0 Å². The zero-order valence-corrected chi connectivity index (χ0v) is 14.6. The van der Waals surface area contributed by atoms with E-state index in [0.717, 1.165) is 11.3 Å². The van der Waals surface area contributed by atoms with E-state index in [9.17, 15) is 9.59 Å². The van der Waals surface area contributed by atoms with Gasteiger partial charge in [-0.3, -0.25) is 4.79 Å². The third-order valence-electron chi connectivity index (χ3n) is 3.36. The zero-order chi connectivity index (χ0) is 17.5. The van der Waals surface area contributed by atoms with Crippen molar-refractivity contribution in [2.75, 3.05) is 12.9 Å². The zero-order valence-electron chi connectivity index (χ0n) is 13.8. The second kappa shape index (κ2) is 8.54. The first-order valence-corrected chi connectivity index (χ1v) is 8.40. The Kier molecular flexibility index (Phi) is 6.43. The lowest BCUT2D eigenvalue weighted by Crippen LogP contribution is -2.22. The molecule has 0 aromatic heterocycles. The molecule has 1 aromatic carbocycles. The van der Waals surface area contributed by atoms with Gasteiger partial charge in [-0.25, -0.2) is 9.79 Å². The summed E-state index contributed by atoms with van der Waals surface area (Å²) in [7, 11) is 1.59. The average molecular weight is 349 g/mol. The van der Waals surface area contributed by atoms with Gasteiger partial charge in [-0.15, -0.1) is 11.8 Å². The molecule has 1 aliphatic heterocycles. The molecule has 1 unspecified atom stereocenters. The van der Waals surface area contributed by atoms with Crippen LogP contribution in [0.4, 0.5) is 0 Å². The largest absolute Gasteiger partial charge is 0.497 e. The minimum Gasteiger partial charge on any atom is -0.497 e. The topological polar surface area (TPSA) is 74.2 Å². The monoisotopic (exact) mass is 349 g/mol. The van der Waals surface area contributed by atoms with Crippen LogP contribution in [-0.2, 0) is 25.7 Å². The van der Waals surface area contributed by atoms with Gasteiger partial charge in [0.05, 0.1) is 12.7 Å². The quantitative estimate of drug-likeness (QED) is 0.735. The van der Waals surface area contributed by atoms with E-state index in [2.05, 4.69) is 4.99 Å². The summed E-state index contributed by atoms with van der Waals surface area (Å²) in [6.45, 7) is 3.18. The molecule has 0 spiro atoms. The molecule has 0 radical (unpaired) electrons. The van der Waals surface area contributed by atoms with Gasteiger partial charge in [0.2, 0.25) is 0 Å². The number of hydrogen-bond acceptors (Lipinski definition) is 7. The first kappa shape index (κ1) is 18.1. The van der Waals surface area contributed by atoms with Gasteiger partial charge in [0, 0.05) is 18.2 Å².